The first-order chi connectivity index (χ1) is 18.4. The monoisotopic (exact) mass is 517 g/mol. The van der Waals surface area contributed by atoms with Crippen molar-refractivity contribution in [3.05, 3.63) is 65.7 Å². The molecule has 2 saturated heterocycles. The maximum Gasteiger partial charge on any atom is 0.260 e. The highest BCUT2D eigenvalue weighted by Crippen LogP contribution is 2.41. The van der Waals surface area contributed by atoms with Crippen molar-refractivity contribution in [2.45, 2.75) is 57.9 Å². The average molecular weight is 518 g/mol. The number of rotatable bonds is 6. The minimum atomic E-state index is -0.160. The lowest BCUT2D eigenvalue weighted by atomic mass is 9.77. The molecule has 2 heterocycles. The molecule has 2 aromatic rings. The van der Waals surface area contributed by atoms with Gasteiger partial charge in [-0.15, -0.1) is 0 Å². The number of hydrogen-bond acceptors (Lipinski definition) is 4. The summed E-state index contributed by atoms with van der Waals surface area (Å²) in [5, 5.41) is 3.16. The van der Waals surface area contributed by atoms with Crippen LogP contribution in [0.2, 0.25) is 0 Å². The zero-order chi connectivity index (χ0) is 26.5. The lowest BCUT2D eigenvalue weighted by Crippen LogP contribution is -2.50. The highest BCUT2D eigenvalue weighted by atomic mass is 16.5. The molecule has 2 aromatic carbocycles. The smallest absolute Gasteiger partial charge is 0.260 e. The summed E-state index contributed by atoms with van der Waals surface area (Å²) < 4.78 is 5.78. The molecule has 0 radical (unpaired) electrons. The van der Waals surface area contributed by atoms with E-state index in [2.05, 4.69) is 5.32 Å². The van der Waals surface area contributed by atoms with Crippen molar-refractivity contribution >= 4 is 17.7 Å². The third kappa shape index (κ3) is 5.87. The SMILES string of the molecule is Cc1ccccc1OCC(=O)N1CCC2(CC1)CCN(C(=O)[C@H]1CCCC[C@H]1NC(=O)c1ccccc1)C2. The van der Waals surface area contributed by atoms with E-state index in [0.717, 1.165) is 69.3 Å². The zero-order valence-electron chi connectivity index (χ0n) is 22.4. The van der Waals surface area contributed by atoms with Crippen molar-refractivity contribution in [2.75, 3.05) is 32.8 Å². The lowest BCUT2D eigenvalue weighted by molar-refractivity contribution is -0.138. The summed E-state index contributed by atoms with van der Waals surface area (Å²) in [5.41, 5.74) is 1.74. The van der Waals surface area contributed by atoms with Crippen LogP contribution in [0.15, 0.2) is 54.6 Å². The van der Waals surface area contributed by atoms with Gasteiger partial charge in [0.2, 0.25) is 5.91 Å². The predicted octanol–water partition coefficient (Wildman–Crippen LogP) is 4.20. The van der Waals surface area contributed by atoms with E-state index >= 15 is 0 Å². The number of amides is 3. The van der Waals surface area contributed by atoms with Gasteiger partial charge in [0.05, 0.1) is 5.92 Å². The van der Waals surface area contributed by atoms with Crippen molar-refractivity contribution < 1.29 is 19.1 Å². The molecule has 202 valence electrons. The molecule has 1 saturated carbocycles. The van der Waals surface area contributed by atoms with Gasteiger partial charge in [0.15, 0.2) is 6.61 Å². The molecular weight excluding hydrogens is 478 g/mol. The number of likely N-dealkylation sites (tertiary alicyclic amines) is 2. The van der Waals surface area contributed by atoms with Crippen molar-refractivity contribution in [1.82, 2.24) is 15.1 Å². The number of hydrogen-bond donors (Lipinski definition) is 1. The molecule has 1 N–H and O–H groups in total. The Morgan fingerprint density at radius 1 is 0.895 bits per heavy atom. The van der Waals surface area contributed by atoms with Gasteiger partial charge in [-0.1, -0.05) is 49.2 Å². The Morgan fingerprint density at radius 3 is 2.29 bits per heavy atom. The first-order valence-electron chi connectivity index (χ1n) is 14.1. The van der Waals surface area contributed by atoms with Crippen molar-refractivity contribution in [2.24, 2.45) is 11.3 Å². The molecule has 3 amide bonds. The standard InChI is InChI=1S/C31H39N3O4/c1-23-9-5-8-14-27(23)38-21-28(35)33-18-15-31(16-19-33)17-20-34(22-31)30(37)25-12-6-7-13-26(25)32-29(36)24-10-3-2-4-11-24/h2-5,8-11,14,25-26H,6-7,12-13,15-22H2,1H3,(H,32,36)/t25-,26+/m0/s1. The summed E-state index contributed by atoms with van der Waals surface area (Å²) in [5.74, 6) is 0.696. The quantitative estimate of drug-likeness (QED) is 0.623. The van der Waals surface area contributed by atoms with E-state index in [0.29, 0.717) is 18.7 Å². The summed E-state index contributed by atoms with van der Waals surface area (Å²) in [7, 11) is 0. The van der Waals surface area contributed by atoms with Crippen molar-refractivity contribution in [1.29, 1.82) is 0 Å². The fourth-order valence-corrected chi connectivity index (χ4v) is 6.39. The fraction of sp³-hybridized carbons (Fsp3) is 0.516. The summed E-state index contributed by atoms with van der Waals surface area (Å²) in [6.07, 6.45) is 6.52. The Kier molecular flexibility index (Phi) is 8.01. The lowest BCUT2D eigenvalue weighted by Gasteiger charge is -2.40. The highest BCUT2D eigenvalue weighted by molar-refractivity contribution is 5.94. The largest absolute Gasteiger partial charge is 0.484 e. The summed E-state index contributed by atoms with van der Waals surface area (Å²) in [4.78, 5) is 43.2. The van der Waals surface area contributed by atoms with Crippen LogP contribution in [0.4, 0.5) is 0 Å². The first-order valence-corrected chi connectivity index (χ1v) is 14.1. The van der Waals surface area contributed by atoms with Gasteiger partial charge < -0.3 is 19.9 Å². The van der Waals surface area contributed by atoms with Crippen molar-refractivity contribution in [3.63, 3.8) is 0 Å². The van der Waals surface area contributed by atoms with Gasteiger partial charge in [-0.2, -0.15) is 0 Å². The van der Waals surface area contributed by atoms with E-state index in [1.807, 2.05) is 71.3 Å². The van der Waals surface area contributed by atoms with Gasteiger partial charge in [-0.05, 0) is 68.2 Å². The van der Waals surface area contributed by atoms with Crippen LogP contribution >= 0.6 is 0 Å². The van der Waals surface area contributed by atoms with E-state index in [9.17, 15) is 14.4 Å². The molecule has 7 heteroatoms. The topological polar surface area (TPSA) is 79.0 Å². The number of carbonyl (C=O) groups excluding carboxylic acids is 3. The maximum atomic E-state index is 13.7. The van der Waals surface area contributed by atoms with Gasteiger partial charge in [0.25, 0.3) is 11.8 Å². The van der Waals surface area contributed by atoms with E-state index < -0.39 is 0 Å². The minimum absolute atomic E-state index is 0.0215. The molecule has 0 aromatic heterocycles. The van der Waals surface area contributed by atoms with Crippen LogP contribution in [0, 0.1) is 18.3 Å². The zero-order valence-corrected chi connectivity index (χ0v) is 22.4. The Morgan fingerprint density at radius 2 is 1.55 bits per heavy atom. The molecule has 3 aliphatic rings. The van der Waals surface area contributed by atoms with Crippen LogP contribution in [-0.2, 0) is 9.59 Å². The van der Waals surface area contributed by atoms with Gasteiger partial charge in [-0.3, -0.25) is 14.4 Å². The van der Waals surface area contributed by atoms with Crippen LogP contribution in [0.5, 0.6) is 5.75 Å². The molecule has 3 fully saturated rings. The predicted molar refractivity (Wildman–Crippen MR) is 146 cm³/mol. The molecular formula is C31H39N3O4. The molecule has 0 bridgehead atoms. The molecule has 2 aliphatic heterocycles. The normalized spacial score (nSPS) is 22.8. The second-order valence-electron chi connectivity index (χ2n) is 11.3. The molecule has 0 unspecified atom stereocenters. The fourth-order valence-electron chi connectivity index (χ4n) is 6.39. The van der Waals surface area contributed by atoms with Crippen LogP contribution in [0.1, 0.15) is 60.9 Å². The van der Waals surface area contributed by atoms with E-state index in [-0.39, 0.29) is 41.7 Å². The van der Waals surface area contributed by atoms with Crippen LogP contribution in [0.25, 0.3) is 0 Å². The number of nitrogens with zero attached hydrogens (tertiary/aromatic N) is 2. The number of carbonyl (C=O) groups is 3. The van der Waals surface area contributed by atoms with Gasteiger partial charge in [0.1, 0.15) is 5.75 Å². The average Bonchev–Trinajstić information content (AvgIpc) is 3.36. The van der Waals surface area contributed by atoms with Gasteiger partial charge in [-0.25, -0.2) is 0 Å². The maximum absolute atomic E-state index is 13.7. The van der Waals surface area contributed by atoms with Gasteiger partial charge in [0, 0.05) is 37.8 Å². The molecule has 1 spiro atoms. The Labute approximate surface area is 225 Å². The second kappa shape index (κ2) is 11.6. The Bertz CT molecular complexity index is 1140. The third-order valence-corrected chi connectivity index (χ3v) is 8.81. The Balaban J connectivity index is 1.13. The number of ether oxygens (including phenoxy) is 1. The number of aryl methyl sites for hydroxylation is 1. The summed E-state index contributed by atoms with van der Waals surface area (Å²) in [6, 6.07) is 16.9. The number of nitrogens with one attached hydrogen (secondary N) is 1. The summed E-state index contributed by atoms with van der Waals surface area (Å²) >= 11 is 0. The third-order valence-electron chi connectivity index (χ3n) is 8.81. The molecule has 2 atom stereocenters. The molecule has 7 nitrogen and oxygen atoms in total. The summed E-state index contributed by atoms with van der Waals surface area (Å²) in [6.45, 7) is 4.96. The second-order valence-corrected chi connectivity index (χ2v) is 11.3. The number of benzene rings is 2. The van der Waals surface area contributed by atoms with Gasteiger partial charge >= 0.3 is 0 Å². The van der Waals surface area contributed by atoms with Crippen molar-refractivity contribution in [3.8, 4) is 5.75 Å². The molecule has 1 aliphatic carbocycles. The van der Waals surface area contributed by atoms with E-state index in [1.165, 1.54) is 0 Å². The highest BCUT2D eigenvalue weighted by Gasteiger charge is 2.45. The number of piperidine rings is 1. The molecule has 38 heavy (non-hydrogen) atoms. The Hall–Kier alpha value is -3.35. The van der Waals surface area contributed by atoms with E-state index in [1.54, 1.807) is 0 Å². The van der Waals surface area contributed by atoms with Crippen LogP contribution in [0.3, 0.4) is 0 Å². The van der Waals surface area contributed by atoms with Crippen LogP contribution < -0.4 is 10.1 Å². The number of para-hydroxylation sites is 1. The van der Waals surface area contributed by atoms with E-state index in [4.69, 9.17) is 4.74 Å². The molecule has 5 rings (SSSR count). The first kappa shape index (κ1) is 26.3. The van der Waals surface area contributed by atoms with Crippen LogP contribution in [-0.4, -0.2) is 66.3 Å². The minimum Gasteiger partial charge on any atom is -0.484 e.